The molecule has 2 aliphatic rings. The first-order chi connectivity index (χ1) is 18.0. The van der Waals surface area contributed by atoms with Crippen LogP contribution in [0.25, 0.3) is 6.08 Å². The third kappa shape index (κ3) is 4.91. The van der Waals surface area contributed by atoms with Gasteiger partial charge in [0, 0.05) is 29.8 Å². The molecule has 0 N–H and O–H groups in total. The number of rotatable bonds is 7. The first kappa shape index (κ1) is 25.2. The van der Waals surface area contributed by atoms with Crippen LogP contribution in [0.1, 0.15) is 54.5 Å². The van der Waals surface area contributed by atoms with E-state index in [1.54, 1.807) is 14.2 Å². The fraction of sp³-hybridized carbons (Fsp3) is 0.333. The van der Waals surface area contributed by atoms with Gasteiger partial charge in [-0.2, -0.15) is 0 Å². The molecule has 0 aromatic heterocycles. The zero-order chi connectivity index (χ0) is 25.9. The van der Waals surface area contributed by atoms with Gasteiger partial charge in [-0.15, -0.1) is 0 Å². The van der Waals surface area contributed by atoms with Crippen molar-refractivity contribution in [3.8, 4) is 11.5 Å². The highest BCUT2D eigenvalue weighted by atomic mass is 16.5. The molecule has 3 aromatic rings. The molecule has 0 aliphatic carbocycles. The Morgan fingerprint density at radius 1 is 0.865 bits per heavy atom. The highest BCUT2D eigenvalue weighted by Gasteiger charge is 2.38. The highest BCUT2D eigenvalue weighted by molar-refractivity contribution is 5.63. The number of allylic oxidation sites excluding steroid dienone is 1. The van der Waals surface area contributed by atoms with Gasteiger partial charge in [0.15, 0.2) is 11.5 Å². The molecule has 192 valence electrons. The van der Waals surface area contributed by atoms with Gasteiger partial charge in [0.25, 0.3) is 0 Å². The summed E-state index contributed by atoms with van der Waals surface area (Å²) in [7, 11) is 3.37. The van der Waals surface area contributed by atoms with E-state index in [-0.39, 0.29) is 10.8 Å². The molecule has 2 heterocycles. The van der Waals surface area contributed by atoms with E-state index in [0.717, 1.165) is 36.4 Å². The normalized spacial score (nSPS) is 20.8. The Labute approximate surface area is 221 Å². The summed E-state index contributed by atoms with van der Waals surface area (Å²) >= 11 is 0. The van der Waals surface area contributed by atoms with Gasteiger partial charge in [0.1, 0.15) is 0 Å². The lowest BCUT2D eigenvalue weighted by molar-refractivity contribution is 0.0608. The Bertz CT molecular complexity index is 1290. The molecule has 1 atom stereocenters. The van der Waals surface area contributed by atoms with Gasteiger partial charge in [0.2, 0.25) is 0 Å². The van der Waals surface area contributed by atoms with Crippen LogP contribution in [0.5, 0.6) is 11.5 Å². The maximum Gasteiger partial charge on any atom is 0.161 e. The Hall–Kier alpha value is -3.50. The molecule has 0 bridgehead atoms. The molecule has 0 radical (unpaired) electrons. The molecule has 0 amide bonds. The predicted molar refractivity (Wildman–Crippen MR) is 150 cm³/mol. The van der Waals surface area contributed by atoms with Gasteiger partial charge in [-0.05, 0) is 58.9 Å². The van der Waals surface area contributed by atoms with Gasteiger partial charge in [-0.1, -0.05) is 74.5 Å². The van der Waals surface area contributed by atoms with Gasteiger partial charge < -0.3 is 19.1 Å². The van der Waals surface area contributed by atoms with Crippen LogP contribution in [-0.4, -0.2) is 32.3 Å². The minimum absolute atomic E-state index is 0.137. The molecule has 2 aliphatic heterocycles. The molecule has 0 saturated carbocycles. The number of nitrogens with zero attached hydrogens (tertiary/aromatic N) is 1. The molecule has 0 saturated heterocycles. The van der Waals surface area contributed by atoms with Gasteiger partial charge in [0.05, 0.1) is 27.4 Å². The molecule has 3 aromatic carbocycles. The van der Waals surface area contributed by atoms with E-state index in [1.807, 2.05) is 0 Å². The number of methoxy groups -OCH3 is 2. The van der Waals surface area contributed by atoms with Crippen LogP contribution in [0, 0.1) is 0 Å². The summed E-state index contributed by atoms with van der Waals surface area (Å²) < 4.78 is 17.3. The van der Waals surface area contributed by atoms with E-state index in [9.17, 15) is 0 Å². The van der Waals surface area contributed by atoms with Crippen molar-refractivity contribution in [1.82, 2.24) is 4.90 Å². The van der Waals surface area contributed by atoms with Gasteiger partial charge in [-0.3, -0.25) is 0 Å². The van der Waals surface area contributed by atoms with E-state index in [0.29, 0.717) is 13.2 Å². The third-order valence-corrected chi connectivity index (χ3v) is 7.86. The van der Waals surface area contributed by atoms with E-state index in [4.69, 9.17) is 14.2 Å². The zero-order valence-electron chi connectivity index (χ0n) is 22.4. The molecule has 1 unspecified atom stereocenters. The van der Waals surface area contributed by atoms with E-state index >= 15 is 0 Å². The van der Waals surface area contributed by atoms with Crippen LogP contribution in [0.3, 0.4) is 0 Å². The summed E-state index contributed by atoms with van der Waals surface area (Å²) in [6, 6.07) is 23.8. The first-order valence-electron chi connectivity index (χ1n) is 13.1. The lowest BCUT2D eigenvalue weighted by Gasteiger charge is -2.40. The van der Waals surface area contributed by atoms with Crippen LogP contribution in [0.2, 0.25) is 0 Å². The fourth-order valence-electron chi connectivity index (χ4n) is 5.77. The number of fused-ring (bicyclic) bond motifs is 2. The third-order valence-electron chi connectivity index (χ3n) is 7.86. The Morgan fingerprint density at radius 3 is 2.38 bits per heavy atom. The van der Waals surface area contributed by atoms with Crippen LogP contribution >= 0.6 is 0 Å². The van der Waals surface area contributed by atoms with Crippen LogP contribution in [-0.2, 0) is 22.2 Å². The van der Waals surface area contributed by atoms with E-state index in [2.05, 4.69) is 110 Å². The van der Waals surface area contributed by atoms with Crippen molar-refractivity contribution in [2.75, 3.05) is 27.4 Å². The first-order valence-corrected chi connectivity index (χ1v) is 13.1. The zero-order valence-corrected chi connectivity index (χ0v) is 22.4. The largest absolute Gasteiger partial charge is 0.493 e. The Kier molecular flexibility index (Phi) is 7.12. The molecule has 0 spiro atoms. The lowest BCUT2D eigenvalue weighted by atomic mass is 9.69. The smallest absolute Gasteiger partial charge is 0.161 e. The standard InChI is InChI=1S/C33H37NO3/c1-32(2)17-20-34(19-15-25-21-30(35-3)31(36-4)22-29(25)32)18-10-16-33(27-12-6-5-7-13-27)24-37-23-26-11-8-9-14-28(26)33/h5-9,11-15,17,19-22H,10,16,18,23-24H2,1-4H3/b19-15?,20-17-. The molecule has 4 nitrogen and oxygen atoms in total. The Balaban J connectivity index is 1.40. The maximum atomic E-state index is 6.19. The summed E-state index contributed by atoms with van der Waals surface area (Å²) in [6.07, 6.45) is 10.9. The molecule has 0 fully saturated rings. The second-order valence-electron chi connectivity index (χ2n) is 10.6. The molecular weight excluding hydrogens is 458 g/mol. The number of hydrogen-bond donors (Lipinski definition) is 0. The summed E-state index contributed by atoms with van der Waals surface area (Å²) in [5, 5.41) is 0. The van der Waals surface area contributed by atoms with Crippen LogP contribution in [0.4, 0.5) is 0 Å². The van der Waals surface area contributed by atoms with E-state index < -0.39 is 0 Å². The van der Waals surface area contributed by atoms with Crippen molar-refractivity contribution in [3.05, 3.63) is 113 Å². The fourth-order valence-corrected chi connectivity index (χ4v) is 5.77. The van der Waals surface area contributed by atoms with Crippen molar-refractivity contribution in [2.24, 2.45) is 0 Å². The minimum Gasteiger partial charge on any atom is -0.493 e. The average molecular weight is 496 g/mol. The predicted octanol–water partition coefficient (Wildman–Crippen LogP) is 7.08. The summed E-state index contributed by atoms with van der Waals surface area (Å²) in [5.74, 6) is 1.51. The molecule has 5 rings (SSSR count). The van der Waals surface area contributed by atoms with Crippen molar-refractivity contribution in [3.63, 3.8) is 0 Å². The van der Waals surface area contributed by atoms with Crippen LogP contribution < -0.4 is 9.47 Å². The highest BCUT2D eigenvalue weighted by Crippen LogP contribution is 2.42. The summed E-state index contributed by atoms with van der Waals surface area (Å²) in [4.78, 5) is 2.30. The van der Waals surface area contributed by atoms with Crippen molar-refractivity contribution >= 4 is 6.08 Å². The topological polar surface area (TPSA) is 30.9 Å². The minimum atomic E-state index is -0.153. The SMILES string of the molecule is COc1cc2c(cc1OC)C(C)(C)/C=C\N(CCCC1(c3ccccc3)COCc3ccccc31)C=C2. The molecular formula is C33H37NO3. The van der Waals surface area contributed by atoms with Crippen molar-refractivity contribution < 1.29 is 14.2 Å². The number of benzene rings is 3. The quantitative estimate of drug-likeness (QED) is 0.350. The average Bonchev–Trinajstić information content (AvgIpc) is 2.93. The monoisotopic (exact) mass is 495 g/mol. The second kappa shape index (κ2) is 10.5. The lowest BCUT2D eigenvalue weighted by Crippen LogP contribution is -2.38. The van der Waals surface area contributed by atoms with Crippen molar-refractivity contribution in [1.29, 1.82) is 0 Å². The van der Waals surface area contributed by atoms with Crippen LogP contribution in [0.15, 0.2) is 85.2 Å². The summed E-state index contributed by atoms with van der Waals surface area (Å²) in [6.45, 7) is 6.80. The van der Waals surface area contributed by atoms with Crippen molar-refractivity contribution in [2.45, 2.75) is 44.1 Å². The number of ether oxygens (including phenoxy) is 3. The second-order valence-corrected chi connectivity index (χ2v) is 10.6. The summed E-state index contributed by atoms with van der Waals surface area (Å²) in [5.41, 5.74) is 6.11. The molecule has 37 heavy (non-hydrogen) atoms. The van der Waals surface area contributed by atoms with Gasteiger partial charge in [-0.25, -0.2) is 0 Å². The molecule has 4 heteroatoms. The number of hydrogen-bond acceptors (Lipinski definition) is 4. The maximum absolute atomic E-state index is 6.19. The Morgan fingerprint density at radius 2 is 1.59 bits per heavy atom. The van der Waals surface area contributed by atoms with E-state index in [1.165, 1.54) is 22.3 Å². The van der Waals surface area contributed by atoms with Gasteiger partial charge >= 0.3 is 0 Å².